The summed E-state index contributed by atoms with van der Waals surface area (Å²) in [7, 11) is 1.61. The molecule has 3 rings (SSSR count). The molecule has 122 valence electrons. The summed E-state index contributed by atoms with van der Waals surface area (Å²) < 4.78 is 6.97. The van der Waals surface area contributed by atoms with Crippen molar-refractivity contribution in [2.75, 3.05) is 7.11 Å². The van der Waals surface area contributed by atoms with Crippen molar-refractivity contribution in [2.45, 2.75) is 6.54 Å². The van der Waals surface area contributed by atoms with Gasteiger partial charge in [-0.2, -0.15) is 4.57 Å². The first kappa shape index (κ1) is 17.8. The molecule has 24 heavy (non-hydrogen) atoms. The number of Topliss-reactive ketones (excluding diaryl/α,β-unsaturated/α-hetero) is 1. The minimum Gasteiger partial charge on any atom is -0.497 e. The Morgan fingerprint density at radius 3 is 2.12 bits per heavy atom. The van der Waals surface area contributed by atoms with Gasteiger partial charge in [0, 0.05) is 30.1 Å². The Hall–Kier alpha value is -2.53. The molecule has 0 saturated carbocycles. The first-order valence-corrected chi connectivity index (χ1v) is 7.33. The minimum absolute atomic E-state index is 0. The Morgan fingerprint density at radius 1 is 0.958 bits per heavy atom. The highest BCUT2D eigenvalue weighted by Gasteiger charge is 2.12. The second-order valence-electron chi connectivity index (χ2n) is 5.15. The Morgan fingerprint density at radius 2 is 1.54 bits per heavy atom. The van der Waals surface area contributed by atoms with Gasteiger partial charge in [-0.1, -0.05) is 0 Å². The quantitative estimate of drug-likeness (QED) is 0.498. The van der Waals surface area contributed by atoms with Crippen molar-refractivity contribution in [2.24, 2.45) is 0 Å². The first-order valence-electron chi connectivity index (χ1n) is 7.33. The summed E-state index contributed by atoms with van der Waals surface area (Å²) in [6.45, 7) is 0.308. The third-order valence-corrected chi connectivity index (χ3v) is 3.64. The number of carbonyl (C=O) groups is 1. The molecule has 0 spiro atoms. The second kappa shape index (κ2) is 8.36. The van der Waals surface area contributed by atoms with Crippen molar-refractivity contribution in [3.63, 3.8) is 0 Å². The number of methoxy groups -OCH3 is 1. The summed E-state index contributed by atoms with van der Waals surface area (Å²) in [5, 5.41) is 0. The number of ether oxygens (including phenoxy) is 1. The van der Waals surface area contributed by atoms with E-state index in [4.69, 9.17) is 4.74 Å². The van der Waals surface area contributed by atoms with E-state index in [1.54, 1.807) is 43.8 Å². The average molecular weight is 386 g/mol. The molecule has 0 bridgehead atoms. The van der Waals surface area contributed by atoms with Crippen molar-refractivity contribution in [1.82, 2.24) is 4.98 Å². The lowest BCUT2D eigenvalue weighted by Gasteiger charge is -2.02. The molecule has 1 aromatic carbocycles. The molecule has 0 aliphatic rings. The Bertz CT molecular complexity index is 788. The van der Waals surface area contributed by atoms with Gasteiger partial charge in [-0.05, 0) is 47.5 Å². The summed E-state index contributed by atoms with van der Waals surface area (Å²) in [4.78, 5) is 16.3. The number of hydrogen-bond donors (Lipinski definition) is 0. The Labute approximate surface area is 151 Å². The molecule has 0 aliphatic heterocycles. The van der Waals surface area contributed by atoms with Crippen LogP contribution >= 0.6 is 17.0 Å². The van der Waals surface area contributed by atoms with Crippen molar-refractivity contribution in [1.29, 1.82) is 0 Å². The van der Waals surface area contributed by atoms with Gasteiger partial charge in [0.15, 0.2) is 12.4 Å². The fourth-order valence-electron chi connectivity index (χ4n) is 2.33. The number of aromatic nitrogens is 2. The predicted octanol–water partition coefficient (Wildman–Crippen LogP) is 3.51. The van der Waals surface area contributed by atoms with Gasteiger partial charge in [0.25, 0.3) is 0 Å². The summed E-state index contributed by atoms with van der Waals surface area (Å²) in [5.74, 6) is 0.810. The Balaban J connectivity index is 0.00000208. The largest absolute Gasteiger partial charge is 0.497 e. The van der Waals surface area contributed by atoms with Gasteiger partial charge in [0.1, 0.15) is 5.75 Å². The van der Waals surface area contributed by atoms with Gasteiger partial charge in [0.05, 0.1) is 7.11 Å². The molecule has 0 N–H and O–H groups in total. The Kier molecular flexibility index (Phi) is 6.21. The highest BCUT2D eigenvalue weighted by Crippen LogP contribution is 2.16. The van der Waals surface area contributed by atoms with E-state index in [1.165, 1.54) is 0 Å². The van der Waals surface area contributed by atoms with Crippen LogP contribution in [0.4, 0.5) is 0 Å². The highest BCUT2D eigenvalue weighted by molar-refractivity contribution is 8.93. The van der Waals surface area contributed by atoms with Crippen LogP contribution in [0.5, 0.6) is 5.75 Å². The number of rotatable bonds is 5. The third kappa shape index (κ3) is 4.26. The molecule has 4 nitrogen and oxygen atoms in total. The van der Waals surface area contributed by atoms with Crippen LogP contribution in [0.25, 0.3) is 11.1 Å². The number of nitrogens with zero attached hydrogens (tertiary/aromatic N) is 2. The van der Waals surface area contributed by atoms with Crippen LogP contribution in [0.1, 0.15) is 10.4 Å². The lowest BCUT2D eigenvalue weighted by atomic mass is 10.1. The molecule has 0 radical (unpaired) electrons. The van der Waals surface area contributed by atoms with Gasteiger partial charge >= 0.3 is 0 Å². The van der Waals surface area contributed by atoms with Gasteiger partial charge in [0.2, 0.25) is 12.3 Å². The maximum absolute atomic E-state index is 12.3. The van der Waals surface area contributed by atoms with Crippen LogP contribution in [0, 0.1) is 0 Å². The van der Waals surface area contributed by atoms with Crippen LogP contribution in [-0.4, -0.2) is 17.9 Å². The number of hydrogen-bond acceptors (Lipinski definition) is 3. The molecule has 5 heteroatoms. The van der Waals surface area contributed by atoms with E-state index in [2.05, 4.69) is 4.98 Å². The summed E-state index contributed by atoms with van der Waals surface area (Å²) in [6, 6.07) is 15.1. The zero-order valence-corrected chi connectivity index (χ0v) is 15.0. The van der Waals surface area contributed by atoms with E-state index in [0.29, 0.717) is 12.1 Å². The summed E-state index contributed by atoms with van der Waals surface area (Å²) >= 11 is 0. The number of ketones is 1. The highest BCUT2D eigenvalue weighted by atomic mass is 79.9. The molecule has 2 heterocycles. The number of pyridine rings is 2. The van der Waals surface area contributed by atoms with Crippen molar-refractivity contribution in [3.8, 4) is 16.9 Å². The van der Waals surface area contributed by atoms with Gasteiger partial charge in [-0.25, -0.2) is 0 Å². The monoisotopic (exact) mass is 385 g/mol. The molecular weight excluding hydrogens is 368 g/mol. The summed E-state index contributed by atoms with van der Waals surface area (Å²) in [6.07, 6.45) is 7.36. The van der Waals surface area contributed by atoms with Crippen LogP contribution in [0.2, 0.25) is 0 Å². The smallest absolute Gasteiger partial charge is 0.227 e. The predicted molar refractivity (Wildman–Crippen MR) is 97.5 cm³/mol. The molecular formula is C19H18BrN2O2+. The maximum Gasteiger partial charge on any atom is 0.227 e. The number of benzene rings is 1. The minimum atomic E-state index is 0. The number of carbonyl (C=O) groups excluding carboxylic acids is 1. The van der Waals surface area contributed by atoms with Crippen LogP contribution in [0.15, 0.2) is 73.3 Å². The fourth-order valence-corrected chi connectivity index (χ4v) is 2.33. The van der Waals surface area contributed by atoms with E-state index < -0.39 is 0 Å². The molecule has 0 atom stereocenters. The third-order valence-electron chi connectivity index (χ3n) is 3.64. The van der Waals surface area contributed by atoms with E-state index in [9.17, 15) is 4.79 Å². The SMILES string of the molecule is Br.COc1ccc(C(=O)C[n+]2ccc(-c3ccncc3)cc2)cc1. The van der Waals surface area contributed by atoms with Gasteiger partial charge in [-0.15, -0.1) is 17.0 Å². The molecule has 2 aromatic heterocycles. The van der Waals surface area contributed by atoms with E-state index in [1.807, 2.05) is 41.2 Å². The molecule has 0 fully saturated rings. The standard InChI is InChI=1S/C19H17N2O2.BrH/c1-23-18-4-2-17(3-5-18)19(22)14-21-12-8-16(9-13-21)15-6-10-20-11-7-15;/h2-13H,14H2,1H3;1H/q+1;. The lowest BCUT2D eigenvalue weighted by molar-refractivity contribution is -0.683. The molecule has 0 aliphatic carbocycles. The lowest BCUT2D eigenvalue weighted by Crippen LogP contribution is -2.37. The van der Waals surface area contributed by atoms with Crippen LogP contribution in [-0.2, 0) is 6.54 Å². The van der Waals surface area contributed by atoms with E-state index in [0.717, 1.165) is 16.9 Å². The zero-order chi connectivity index (χ0) is 16.1. The zero-order valence-electron chi connectivity index (χ0n) is 13.3. The second-order valence-corrected chi connectivity index (χ2v) is 5.15. The fraction of sp³-hybridized carbons (Fsp3) is 0.105. The normalized spacial score (nSPS) is 9.88. The summed E-state index contributed by atoms with van der Waals surface area (Å²) in [5.41, 5.74) is 2.88. The van der Waals surface area contributed by atoms with Crippen LogP contribution in [0.3, 0.4) is 0 Å². The average Bonchev–Trinajstić information content (AvgIpc) is 2.63. The van der Waals surface area contributed by atoms with Crippen LogP contribution < -0.4 is 9.30 Å². The van der Waals surface area contributed by atoms with Crippen molar-refractivity contribution in [3.05, 3.63) is 78.9 Å². The van der Waals surface area contributed by atoms with E-state index in [-0.39, 0.29) is 22.8 Å². The molecule has 0 saturated heterocycles. The number of halogens is 1. The van der Waals surface area contributed by atoms with Crippen molar-refractivity contribution < 1.29 is 14.1 Å². The molecule has 0 unspecified atom stereocenters. The van der Waals surface area contributed by atoms with Gasteiger partial charge in [-0.3, -0.25) is 9.78 Å². The maximum atomic E-state index is 12.3. The molecule has 0 amide bonds. The molecule has 3 aromatic rings. The van der Waals surface area contributed by atoms with E-state index >= 15 is 0 Å². The first-order chi connectivity index (χ1) is 11.3. The van der Waals surface area contributed by atoms with Gasteiger partial charge < -0.3 is 4.74 Å². The van der Waals surface area contributed by atoms with Crippen molar-refractivity contribution >= 4 is 22.8 Å². The topological polar surface area (TPSA) is 43.1 Å².